The second-order valence-corrected chi connectivity index (χ2v) is 2.48. The number of carboxylic acids is 3. The Labute approximate surface area is 119 Å². The Bertz CT molecular complexity index is 233. The van der Waals surface area contributed by atoms with Crippen LogP contribution < -0.4 is 0 Å². The Hall–Kier alpha value is -0.0456. The molecule has 0 rings (SSSR count). The zero-order chi connectivity index (χ0) is 10.6. The second kappa shape index (κ2) is 6.44. The number of carbonyl (C=O) groups is 3. The summed E-state index contributed by atoms with van der Waals surface area (Å²) in [5.74, 6) is -5.02. The van der Waals surface area contributed by atoms with Crippen molar-refractivity contribution in [3.05, 3.63) is 0 Å². The van der Waals surface area contributed by atoms with Gasteiger partial charge in [-0.3, -0.25) is 9.59 Å². The van der Waals surface area contributed by atoms with E-state index in [2.05, 4.69) is 0 Å². The Kier molecular flexibility index (Phi) is 7.54. The van der Waals surface area contributed by atoms with Gasteiger partial charge >= 0.3 is 17.9 Å². The zero-order valence-corrected chi connectivity index (χ0v) is 9.23. The molecule has 0 aromatic rings. The normalized spacial score (nSPS) is 10.1. The van der Waals surface area contributed by atoms with Gasteiger partial charge in [0.1, 0.15) is 0 Å². The maximum Gasteiger partial charge on any atom is 0.336 e. The number of hydrogen-bond donors (Lipinski definition) is 4. The average molecular weight is 344 g/mol. The number of aliphatic carboxylic acids is 3. The van der Waals surface area contributed by atoms with Gasteiger partial charge in [-0.1, -0.05) is 0 Å². The van der Waals surface area contributed by atoms with Gasteiger partial charge in [0.25, 0.3) is 0 Å². The smallest absolute Gasteiger partial charge is 0.336 e. The molecule has 0 amide bonds. The summed E-state index contributed by atoms with van der Waals surface area (Å²) in [7, 11) is 0. The van der Waals surface area contributed by atoms with Gasteiger partial charge in [0.2, 0.25) is 0 Å². The Morgan fingerprint density at radius 1 is 0.929 bits per heavy atom. The molecule has 8 heteroatoms. The first-order chi connectivity index (χ1) is 5.78. The largest absolute Gasteiger partial charge is 0.481 e. The van der Waals surface area contributed by atoms with Crippen molar-refractivity contribution < 1.29 is 84.2 Å². The standard InChI is InChI=1S/C6H8O7.Eu/c7-3(8)1-6(13,5(11)12)2-4(9)10;/h13H,1-2H2,(H,7,8)(H,9,10)(H,11,12);. The van der Waals surface area contributed by atoms with Crippen LogP contribution in [0.3, 0.4) is 0 Å². The molecule has 0 saturated carbocycles. The fourth-order valence-electron chi connectivity index (χ4n) is 0.714. The van der Waals surface area contributed by atoms with Crippen molar-refractivity contribution in [3.63, 3.8) is 0 Å². The summed E-state index contributed by atoms with van der Waals surface area (Å²) in [6, 6.07) is 0. The summed E-state index contributed by atoms with van der Waals surface area (Å²) in [6.07, 6.45) is -2.29. The molecule has 0 aliphatic carbocycles. The summed E-state index contributed by atoms with van der Waals surface area (Å²) in [4.78, 5) is 30.5. The average Bonchev–Trinajstić information content (AvgIpc) is 1.82. The molecular weight excluding hydrogens is 336 g/mol. The molecule has 0 unspecified atom stereocenters. The Balaban J connectivity index is 0. The van der Waals surface area contributed by atoms with Crippen molar-refractivity contribution in [3.8, 4) is 0 Å². The van der Waals surface area contributed by atoms with Crippen molar-refractivity contribution >= 4 is 17.9 Å². The van der Waals surface area contributed by atoms with Crippen LogP contribution in [0.15, 0.2) is 0 Å². The van der Waals surface area contributed by atoms with E-state index in [4.69, 9.17) is 20.4 Å². The van der Waals surface area contributed by atoms with Gasteiger partial charge in [-0.2, -0.15) is 0 Å². The van der Waals surface area contributed by atoms with E-state index in [0.717, 1.165) is 0 Å². The molecule has 0 aromatic heterocycles. The molecule has 14 heavy (non-hydrogen) atoms. The minimum absolute atomic E-state index is 0. The fraction of sp³-hybridized carbons (Fsp3) is 0.500. The van der Waals surface area contributed by atoms with E-state index in [1.165, 1.54) is 0 Å². The molecule has 0 aromatic carbocycles. The number of rotatable bonds is 5. The SMILES string of the molecule is O=C(O)CC(O)(CC(=O)O)C(=O)O.[Eu]. The van der Waals surface area contributed by atoms with Crippen molar-refractivity contribution in [2.24, 2.45) is 0 Å². The number of carboxylic acid groups (broad SMARTS) is 3. The van der Waals surface area contributed by atoms with Crippen molar-refractivity contribution in [1.29, 1.82) is 0 Å². The van der Waals surface area contributed by atoms with Crippen LogP contribution in [0, 0.1) is 49.4 Å². The molecule has 0 aliphatic rings. The van der Waals surface area contributed by atoms with Gasteiger partial charge in [-0.25, -0.2) is 4.79 Å². The number of aliphatic hydroxyl groups is 1. The minimum atomic E-state index is -2.74. The van der Waals surface area contributed by atoms with Crippen LogP contribution in [0.25, 0.3) is 0 Å². The summed E-state index contributed by atoms with van der Waals surface area (Å²) in [5, 5.41) is 33.8. The molecule has 7 nitrogen and oxygen atoms in total. The van der Waals surface area contributed by atoms with Gasteiger partial charge in [0, 0.05) is 49.4 Å². The molecule has 0 saturated heterocycles. The molecule has 0 aliphatic heterocycles. The maximum atomic E-state index is 10.3. The van der Waals surface area contributed by atoms with E-state index >= 15 is 0 Å². The third-order valence-electron chi connectivity index (χ3n) is 1.29. The van der Waals surface area contributed by atoms with Gasteiger partial charge in [0.05, 0.1) is 12.8 Å². The minimum Gasteiger partial charge on any atom is -0.481 e. The summed E-state index contributed by atoms with van der Waals surface area (Å²) in [5.41, 5.74) is -2.74. The van der Waals surface area contributed by atoms with E-state index in [1.807, 2.05) is 0 Å². The van der Waals surface area contributed by atoms with Gasteiger partial charge < -0.3 is 20.4 Å². The zero-order valence-electron chi connectivity index (χ0n) is 6.81. The molecule has 0 spiro atoms. The van der Waals surface area contributed by atoms with Crippen LogP contribution in [-0.4, -0.2) is 43.9 Å². The molecule has 0 bridgehead atoms. The monoisotopic (exact) mass is 345 g/mol. The number of hydrogen-bond acceptors (Lipinski definition) is 4. The molecule has 0 heterocycles. The third kappa shape index (κ3) is 5.64. The van der Waals surface area contributed by atoms with E-state index < -0.39 is 36.4 Å². The van der Waals surface area contributed by atoms with Crippen LogP contribution in [-0.2, 0) is 14.4 Å². The first kappa shape index (κ1) is 16.4. The molecular formula is C6H8EuO7. The van der Waals surface area contributed by atoms with E-state index in [-0.39, 0.29) is 49.4 Å². The molecule has 0 atom stereocenters. The maximum absolute atomic E-state index is 10.3. The Morgan fingerprint density at radius 3 is 1.36 bits per heavy atom. The van der Waals surface area contributed by atoms with Crippen molar-refractivity contribution in [2.45, 2.75) is 18.4 Å². The topological polar surface area (TPSA) is 132 Å². The van der Waals surface area contributed by atoms with Crippen LogP contribution in [0.4, 0.5) is 0 Å². The van der Waals surface area contributed by atoms with Crippen LogP contribution in [0.1, 0.15) is 12.8 Å². The van der Waals surface area contributed by atoms with Crippen molar-refractivity contribution in [1.82, 2.24) is 0 Å². The summed E-state index contributed by atoms with van der Waals surface area (Å²) in [6.45, 7) is 0. The quantitative estimate of drug-likeness (QED) is 0.490. The predicted octanol–water partition coefficient (Wildman–Crippen LogP) is -1.25. The van der Waals surface area contributed by atoms with Crippen molar-refractivity contribution in [2.75, 3.05) is 0 Å². The van der Waals surface area contributed by atoms with E-state index in [9.17, 15) is 14.4 Å². The summed E-state index contributed by atoms with van der Waals surface area (Å²) >= 11 is 0. The first-order valence-corrected chi connectivity index (χ1v) is 3.17. The van der Waals surface area contributed by atoms with Gasteiger partial charge in [0.15, 0.2) is 5.60 Å². The third-order valence-corrected chi connectivity index (χ3v) is 1.29. The first-order valence-electron chi connectivity index (χ1n) is 3.17. The van der Waals surface area contributed by atoms with Crippen LogP contribution >= 0.6 is 0 Å². The fourth-order valence-corrected chi connectivity index (χ4v) is 0.714. The van der Waals surface area contributed by atoms with Gasteiger partial charge in [-0.15, -0.1) is 0 Å². The molecule has 4 N–H and O–H groups in total. The molecule has 1 radical (unpaired) electrons. The van der Waals surface area contributed by atoms with E-state index in [1.54, 1.807) is 0 Å². The molecule has 0 fully saturated rings. The second-order valence-electron chi connectivity index (χ2n) is 2.48. The predicted molar refractivity (Wildman–Crippen MR) is 37.1 cm³/mol. The van der Waals surface area contributed by atoms with Crippen LogP contribution in [0.2, 0.25) is 0 Å². The Morgan fingerprint density at radius 2 is 1.21 bits per heavy atom. The van der Waals surface area contributed by atoms with E-state index in [0.29, 0.717) is 0 Å². The molecule has 81 valence electrons. The van der Waals surface area contributed by atoms with Gasteiger partial charge in [-0.05, 0) is 0 Å². The van der Waals surface area contributed by atoms with Crippen LogP contribution in [0.5, 0.6) is 0 Å². The summed E-state index contributed by atoms with van der Waals surface area (Å²) < 4.78 is 0.